The minimum atomic E-state index is -0.597. The Morgan fingerprint density at radius 3 is 2.55 bits per heavy atom. The first-order chi connectivity index (χ1) is 16.1. The Hall–Kier alpha value is -3.98. The average Bonchev–Trinajstić information content (AvgIpc) is 3.00. The molecule has 1 N–H and O–H groups in total. The lowest BCUT2D eigenvalue weighted by Crippen LogP contribution is -2.17. The van der Waals surface area contributed by atoms with Gasteiger partial charge in [-0.3, -0.25) is 10.1 Å². The molecule has 164 valence electrons. The lowest BCUT2D eigenvalue weighted by molar-refractivity contribution is -0.384. The zero-order valence-corrected chi connectivity index (χ0v) is 18.5. The van der Waals surface area contributed by atoms with Crippen molar-refractivity contribution in [1.29, 1.82) is 0 Å². The molecule has 4 aromatic rings. The van der Waals surface area contributed by atoms with Gasteiger partial charge in [-0.05, 0) is 30.7 Å². The van der Waals surface area contributed by atoms with Gasteiger partial charge in [0.2, 0.25) is 11.0 Å². The van der Waals surface area contributed by atoms with Crippen molar-refractivity contribution in [3.63, 3.8) is 0 Å². The Balaban J connectivity index is 1.46. The van der Waals surface area contributed by atoms with E-state index in [1.807, 2.05) is 24.3 Å². The van der Waals surface area contributed by atoms with Gasteiger partial charge in [0.15, 0.2) is 11.9 Å². The van der Waals surface area contributed by atoms with E-state index >= 15 is 0 Å². The molecule has 33 heavy (non-hydrogen) atoms. The summed E-state index contributed by atoms with van der Waals surface area (Å²) in [7, 11) is 0. The fourth-order valence-electron chi connectivity index (χ4n) is 3.46. The summed E-state index contributed by atoms with van der Waals surface area (Å²) in [5.41, 5.74) is 5.32. The van der Waals surface area contributed by atoms with Crippen LogP contribution in [0.1, 0.15) is 22.9 Å². The Kier molecular flexibility index (Phi) is 5.62. The number of rotatable bonds is 5. The fraction of sp³-hybridized carbons (Fsp3) is 0.125. The number of aryl methyl sites for hydroxylation is 1. The zero-order valence-electron chi connectivity index (χ0n) is 17.6. The number of anilines is 1. The van der Waals surface area contributed by atoms with Crippen molar-refractivity contribution in [3.8, 4) is 17.1 Å². The summed E-state index contributed by atoms with van der Waals surface area (Å²) in [4.78, 5) is 15.2. The van der Waals surface area contributed by atoms with Crippen molar-refractivity contribution in [2.24, 2.45) is 0 Å². The molecule has 0 bridgehead atoms. The summed E-state index contributed by atoms with van der Waals surface area (Å²) < 4.78 is 6.23. The number of fused-ring (bicyclic) bond motifs is 3. The van der Waals surface area contributed by atoms with Crippen LogP contribution in [0.2, 0.25) is 0 Å². The maximum absolute atomic E-state index is 11.0. The highest BCUT2D eigenvalue weighted by Crippen LogP contribution is 2.39. The van der Waals surface area contributed by atoms with Crippen LogP contribution >= 0.6 is 11.8 Å². The monoisotopic (exact) mass is 457 g/mol. The predicted octanol–water partition coefficient (Wildman–Crippen LogP) is 5.55. The molecule has 0 saturated carbocycles. The van der Waals surface area contributed by atoms with Crippen LogP contribution < -0.4 is 10.1 Å². The Morgan fingerprint density at radius 1 is 1.03 bits per heavy atom. The van der Waals surface area contributed by atoms with Gasteiger partial charge in [0, 0.05) is 34.7 Å². The average molecular weight is 458 g/mol. The summed E-state index contributed by atoms with van der Waals surface area (Å²) in [6.45, 7) is 2.06. The van der Waals surface area contributed by atoms with E-state index in [0.29, 0.717) is 22.5 Å². The van der Waals surface area contributed by atoms with Crippen molar-refractivity contribution in [3.05, 3.63) is 99.6 Å². The normalized spacial score (nSPS) is 14.3. The molecule has 0 unspecified atom stereocenters. The molecule has 1 aromatic heterocycles. The number of nitro groups is 1. The van der Waals surface area contributed by atoms with Crippen molar-refractivity contribution < 1.29 is 9.66 Å². The van der Waals surface area contributed by atoms with E-state index in [0.717, 1.165) is 16.8 Å². The summed E-state index contributed by atoms with van der Waals surface area (Å²) in [5, 5.41) is 23.6. The third-order valence-corrected chi connectivity index (χ3v) is 6.14. The van der Waals surface area contributed by atoms with Crippen molar-refractivity contribution in [2.45, 2.75) is 24.1 Å². The number of aromatic nitrogens is 3. The van der Waals surface area contributed by atoms with E-state index in [2.05, 4.69) is 51.7 Å². The summed E-state index contributed by atoms with van der Waals surface area (Å²) in [6.07, 6.45) is -0.597. The number of non-ortho nitro benzene ring substituents is 1. The van der Waals surface area contributed by atoms with Gasteiger partial charge in [-0.25, -0.2) is 0 Å². The van der Waals surface area contributed by atoms with Crippen LogP contribution in [0.4, 0.5) is 11.4 Å². The molecule has 0 radical (unpaired) electrons. The SMILES string of the molecule is Cc1ccc(CSc2nnc3c(n2)O[C@H](c2ccc([N+](=O)[O-])cc2)Nc2ccccc2-3)cc1. The first kappa shape index (κ1) is 20.9. The van der Waals surface area contributed by atoms with Crippen molar-refractivity contribution in [2.75, 3.05) is 5.32 Å². The standard InChI is InChI=1S/C24H19N5O3S/c1-15-6-8-16(9-7-15)14-33-24-26-23-21(27-28-24)19-4-2-3-5-20(19)25-22(32-23)17-10-12-18(13-11-17)29(30)31/h2-13,22,25H,14H2,1H3/t22-/m1/s1. The number of thioether (sulfide) groups is 1. The van der Waals surface area contributed by atoms with E-state index in [-0.39, 0.29) is 5.69 Å². The second-order valence-electron chi connectivity index (χ2n) is 7.56. The van der Waals surface area contributed by atoms with E-state index in [1.165, 1.54) is 35.0 Å². The molecule has 8 nitrogen and oxygen atoms in total. The molecular formula is C24H19N5O3S. The summed E-state index contributed by atoms with van der Waals surface area (Å²) in [5.74, 6) is 1.07. The van der Waals surface area contributed by atoms with E-state index < -0.39 is 11.2 Å². The molecule has 0 saturated heterocycles. The number of ether oxygens (including phenoxy) is 1. The topological polar surface area (TPSA) is 103 Å². The third kappa shape index (κ3) is 4.49. The number of hydrogen-bond acceptors (Lipinski definition) is 8. The number of para-hydroxylation sites is 1. The molecule has 9 heteroatoms. The molecule has 1 atom stereocenters. The van der Waals surface area contributed by atoms with Crippen LogP contribution in [0.25, 0.3) is 11.3 Å². The van der Waals surface area contributed by atoms with Crippen LogP contribution in [-0.4, -0.2) is 20.1 Å². The van der Waals surface area contributed by atoms with Crippen LogP contribution in [0.5, 0.6) is 5.88 Å². The van der Waals surface area contributed by atoms with Crippen LogP contribution in [-0.2, 0) is 5.75 Å². The molecule has 2 heterocycles. The minimum Gasteiger partial charge on any atom is -0.448 e. The molecule has 0 amide bonds. The van der Waals surface area contributed by atoms with E-state index in [1.54, 1.807) is 12.1 Å². The number of nitro benzene ring substituents is 1. The lowest BCUT2D eigenvalue weighted by Gasteiger charge is -2.19. The second kappa shape index (κ2) is 8.87. The molecule has 0 spiro atoms. The van der Waals surface area contributed by atoms with Crippen LogP contribution in [0.15, 0.2) is 78.0 Å². The van der Waals surface area contributed by atoms with Crippen molar-refractivity contribution in [1.82, 2.24) is 15.2 Å². The van der Waals surface area contributed by atoms with Gasteiger partial charge < -0.3 is 10.1 Å². The fourth-order valence-corrected chi connectivity index (χ4v) is 4.20. The maximum Gasteiger partial charge on any atom is 0.269 e. The van der Waals surface area contributed by atoms with Crippen LogP contribution in [0, 0.1) is 17.0 Å². The van der Waals surface area contributed by atoms with Gasteiger partial charge in [0.25, 0.3) is 5.69 Å². The maximum atomic E-state index is 11.0. The van der Waals surface area contributed by atoms with Gasteiger partial charge >= 0.3 is 0 Å². The molecule has 3 aromatic carbocycles. The van der Waals surface area contributed by atoms with Gasteiger partial charge in [0.1, 0.15) is 0 Å². The molecule has 1 aliphatic rings. The largest absolute Gasteiger partial charge is 0.448 e. The second-order valence-corrected chi connectivity index (χ2v) is 8.50. The van der Waals surface area contributed by atoms with Crippen LogP contribution in [0.3, 0.4) is 0 Å². The highest BCUT2D eigenvalue weighted by molar-refractivity contribution is 7.98. The molecule has 0 aliphatic carbocycles. The summed E-state index contributed by atoms with van der Waals surface area (Å²) in [6, 6.07) is 22.3. The summed E-state index contributed by atoms with van der Waals surface area (Å²) >= 11 is 1.48. The van der Waals surface area contributed by atoms with E-state index in [9.17, 15) is 10.1 Å². The Bertz CT molecular complexity index is 1310. The number of hydrogen-bond donors (Lipinski definition) is 1. The molecule has 0 fully saturated rings. The highest BCUT2D eigenvalue weighted by atomic mass is 32.2. The number of benzene rings is 3. The molecule has 5 rings (SSSR count). The van der Waals surface area contributed by atoms with Gasteiger partial charge in [-0.1, -0.05) is 59.8 Å². The van der Waals surface area contributed by atoms with Gasteiger partial charge in [-0.2, -0.15) is 4.98 Å². The number of nitrogens with zero attached hydrogens (tertiary/aromatic N) is 4. The smallest absolute Gasteiger partial charge is 0.269 e. The highest BCUT2D eigenvalue weighted by Gasteiger charge is 2.26. The Morgan fingerprint density at radius 2 is 1.79 bits per heavy atom. The van der Waals surface area contributed by atoms with E-state index in [4.69, 9.17) is 4.74 Å². The first-order valence-electron chi connectivity index (χ1n) is 10.3. The molecular weight excluding hydrogens is 438 g/mol. The van der Waals surface area contributed by atoms with Gasteiger partial charge in [0.05, 0.1) is 4.92 Å². The third-order valence-electron chi connectivity index (χ3n) is 5.23. The Labute approximate surface area is 194 Å². The lowest BCUT2D eigenvalue weighted by atomic mass is 10.1. The van der Waals surface area contributed by atoms with Gasteiger partial charge in [-0.15, -0.1) is 10.2 Å². The zero-order chi connectivity index (χ0) is 22.8. The number of nitrogens with one attached hydrogen (secondary N) is 1. The molecule has 1 aliphatic heterocycles. The minimum absolute atomic E-state index is 0.0203. The first-order valence-corrected chi connectivity index (χ1v) is 11.3. The quantitative estimate of drug-likeness (QED) is 0.236. The van der Waals surface area contributed by atoms with Crippen molar-refractivity contribution >= 4 is 23.1 Å². The predicted molar refractivity (Wildman–Crippen MR) is 126 cm³/mol.